The van der Waals surface area contributed by atoms with E-state index in [0.29, 0.717) is 5.75 Å². The van der Waals surface area contributed by atoms with Gasteiger partial charge in [-0.05, 0) is 32.9 Å². The Morgan fingerprint density at radius 1 is 1.38 bits per heavy atom. The van der Waals surface area contributed by atoms with Crippen molar-refractivity contribution in [3.63, 3.8) is 0 Å². The molecule has 6 heteroatoms. The topological polar surface area (TPSA) is 66.8 Å². The van der Waals surface area contributed by atoms with Crippen molar-refractivity contribution in [3.05, 3.63) is 30.1 Å². The number of carbonyl (C=O) groups is 2. The summed E-state index contributed by atoms with van der Waals surface area (Å²) in [5.41, 5.74) is -1.27. The van der Waals surface area contributed by atoms with Gasteiger partial charge in [-0.25, -0.2) is 9.18 Å². The summed E-state index contributed by atoms with van der Waals surface area (Å²) in [5.74, 6) is -1.46. The maximum absolute atomic E-state index is 13.0. The second kappa shape index (κ2) is 7.06. The summed E-state index contributed by atoms with van der Waals surface area (Å²) in [6, 6.07) is 5.63. The average Bonchev–Trinajstić information content (AvgIpc) is 2.39. The molecule has 1 aromatic rings. The lowest BCUT2D eigenvalue weighted by atomic mass is 10.0. The third kappa shape index (κ3) is 4.44. The first-order valence-corrected chi connectivity index (χ1v) is 6.71. The second-order valence-corrected chi connectivity index (χ2v) is 5.06. The normalized spacial score (nSPS) is 11.0. The fraction of sp³-hybridized carbons (Fsp3) is 0.467. The molecule has 1 aromatic carbocycles. The van der Waals surface area contributed by atoms with E-state index in [9.17, 15) is 14.0 Å². The van der Waals surface area contributed by atoms with Crippen LogP contribution in [-0.2, 0) is 9.59 Å². The number of aliphatic carboxylic acids is 1. The van der Waals surface area contributed by atoms with Gasteiger partial charge in [0.05, 0.1) is 13.0 Å². The molecule has 0 bridgehead atoms. The number of carbonyl (C=O) groups excluding carboxylic acids is 1. The maximum Gasteiger partial charge on any atom is 0.329 e. The molecule has 1 amide bonds. The molecule has 0 aliphatic rings. The second-order valence-electron chi connectivity index (χ2n) is 5.06. The minimum Gasteiger partial charge on any atom is -0.493 e. The third-order valence-electron chi connectivity index (χ3n) is 3.20. The minimum atomic E-state index is -1.27. The predicted octanol–water partition coefficient (Wildman–Crippen LogP) is 2.31. The lowest BCUT2D eigenvalue weighted by molar-refractivity contribution is -0.156. The highest BCUT2D eigenvalue weighted by molar-refractivity contribution is 5.86. The Hall–Kier alpha value is -2.11. The Kier molecular flexibility index (Phi) is 5.69. The smallest absolute Gasteiger partial charge is 0.329 e. The number of rotatable bonds is 7. The molecule has 0 saturated carbocycles. The van der Waals surface area contributed by atoms with Crippen molar-refractivity contribution in [2.45, 2.75) is 32.7 Å². The molecule has 1 rings (SSSR count). The fourth-order valence-electron chi connectivity index (χ4n) is 1.95. The number of carboxylic acids is 1. The van der Waals surface area contributed by atoms with Gasteiger partial charge in [-0.15, -0.1) is 0 Å². The minimum absolute atomic E-state index is 0.0288. The lowest BCUT2D eigenvalue weighted by Crippen LogP contribution is -2.53. The highest BCUT2D eigenvalue weighted by Gasteiger charge is 2.36. The molecule has 0 saturated heterocycles. The molecular formula is C15H20FNO4. The maximum atomic E-state index is 13.0. The van der Waals surface area contributed by atoms with Crippen LogP contribution in [-0.4, -0.2) is 40.6 Å². The molecule has 0 aliphatic heterocycles. The monoisotopic (exact) mass is 297 g/mol. The summed E-state index contributed by atoms with van der Waals surface area (Å²) in [6.07, 6.45) is 0.0288. The largest absolute Gasteiger partial charge is 0.493 e. The zero-order valence-corrected chi connectivity index (χ0v) is 12.4. The van der Waals surface area contributed by atoms with Crippen LogP contribution < -0.4 is 4.74 Å². The number of likely N-dealkylation sites (N-methyl/N-ethyl adjacent to an activating group) is 1. The van der Waals surface area contributed by atoms with Crippen molar-refractivity contribution in [1.82, 2.24) is 4.90 Å². The van der Waals surface area contributed by atoms with Crippen LogP contribution in [0.1, 0.15) is 27.2 Å². The molecule has 0 fully saturated rings. The van der Waals surface area contributed by atoms with Crippen LogP contribution >= 0.6 is 0 Å². The molecule has 0 aliphatic carbocycles. The van der Waals surface area contributed by atoms with Crippen molar-refractivity contribution >= 4 is 11.9 Å². The lowest BCUT2D eigenvalue weighted by Gasteiger charge is -2.34. The summed E-state index contributed by atoms with van der Waals surface area (Å²) >= 11 is 0. The molecule has 0 unspecified atom stereocenters. The molecular weight excluding hydrogens is 277 g/mol. The zero-order valence-electron chi connectivity index (χ0n) is 12.4. The summed E-state index contributed by atoms with van der Waals surface area (Å²) in [4.78, 5) is 24.6. The molecule has 5 nitrogen and oxygen atoms in total. The quantitative estimate of drug-likeness (QED) is 0.838. The number of ether oxygens (including phenoxy) is 1. The van der Waals surface area contributed by atoms with Crippen LogP contribution in [0.2, 0.25) is 0 Å². The van der Waals surface area contributed by atoms with Gasteiger partial charge in [-0.2, -0.15) is 0 Å². The first kappa shape index (κ1) is 16.9. The van der Waals surface area contributed by atoms with E-state index in [1.165, 1.54) is 36.9 Å². The number of benzene rings is 1. The van der Waals surface area contributed by atoms with E-state index in [1.54, 1.807) is 13.0 Å². The molecule has 116 valence electrons. The van der Waals surface area contributed by atoms with Gasteiger partial charge in [0.25, 0.3) is 0 Å². The Balaban J connectivity index is 2.58. The Bertz CT molecular complexity index is 516. The first-order chi connectivity index (χ1) is 9.78. The summed E-state index contributed by atoms with van der Waals surface area (Å²) in [5, 5.41) is 9.16. The summed E-state index contributed by atoms with van der Waals surface area (Å²) < 4.78 is 18.3. The molecule has 0 radical (unpaired) electrons. The van der Waals surface area contributed by atoms with E-state index in [2.05, 4.69) is 0 Å². The van der Waals surface area contributed by atoms with Crippen LogP contribution in [0.4, 0.5) is 4.39 Å². The average molecular weight is 297 g/mol. The number of nitrogens with zero attached hydrogens (tertiary/aromatic N) is 1. The van der Waals surface area contributed by atoms with Crippen LogP contribution in [0.5, 0.6) is 5.75 Å². The Morgan fingerprint density at radius 3 is 2.57 bits per heavy atom. The predicted molar refractivity (Wildman–Crippen MR) is 75.6 cm³/mol. The van der Waals surface area contributed by atoms with E-state index in [0.717, 1.165) is 0 Å². The number of halogens is 1. The molecule has 1 N–H and O–H groups in total. The molecule has 0 spiro atoms. The van der Waals surface area contributed by atoms with Gasteiger partial charge < -0.3 is 14.7 Å². The van der Waals surface area contributed by atoms with Gasteiger partial charge in [0, 0.05) is 12.6 Å². The standard InChI is InChI=1S/C15H20FNO4/c1-4-17(15(2,3)14(19)20)13(18)8-9-21-12-7-5-6-11(16)10-12/h5-7,10H,4,8-9H2,1-3H3,(H,19,20). The van der Waals surface area contributed by atoms with Gasteiger partial charge in [-0.3, -0.25) is 4.79 Å². The molecule has 21 heavy (non-hydrogen) atoms. The van der Waals surface area contributed by atoms with Crippen LogP contribution in [0.25, 0.3) is 0 Å². The van der Waals surface area contributed by atoms with Crippen molar-refractivity contribution in [3.8, 4) is 5.75 Å². The Morgan fingerprint density at radius 2 is 2.05 bits per heavy atom. The van der Waals surface area contributed by atoms with E-state index in [1.807, 2.05) is 0 Å². The molecule has 0 heterocycles. The first-order valence-electron chi connectivity index (χ1n) is 6.71. The molecule has 0 atom stereocenters. The van der Waals surface area contributed by atoms with E-state index in [4.69, 9.17) is 9.84 Å². The number of amides is 1. The number of hydrogen-bond acceptors (Lipinski definition) is 3. The number of hydrogen-bond donors (Lipinski definition) is 1. The van der Waals surface area contributed by atoms with Gasteiger partial charge >= 0.3 is 5.97 Å². The van der Waals surface area contributed by atoms with Crippen molar-refractivity contribution in [2.24, 2.45) is 0 Å². The highest BCUT2D eigenvalue weighted by atomic mass is 19.1. The third-order valence-corrected chi connectivity index (χ3v) is 3.20. The summed E-state index contributed by atoms with van der Waals surface area (Å²) in [7, 11) is 0. The fourth-order valence-corrected chi connectivity index (χ4v) is 1.95. The SMILES string of the molecule is CCN(C(=O)CCOc1cccc(F)c1)C(C)(C)C(=O)O. The van der Waals surface area contributed by atoms with Crippen LogP contribution in [0.15, 0.2) is 24.3 Å². The Labute approximate surface area is 123 Å². The van der Waals surface area contributed by atoms with E-state index < -0.39 is 17.3 Å². The van der Waals surface area contributed by atoms with Gasteiger partial charge in [0.1, 0.15) is 17.1 Å². The zero-order chi connectivity index (χ0) is 16.0. The van der Waals surface area contributed by atoms with Crippen molar-refractivity contribution < 1.29 is 23.8 Å². The van der Waals surface area contributed by atoms with Gasteiger partial charge in [0.15, 0.2) is 0 Å². The van der Waals surface area contributed by atoms with E-state index >= 15 is 0 Å². The van der Waals surface area contributed by atoms with Crippen molar-refractivity contribution in [1.29, 1.82) is 0 Å². The molecule has 0 aromatic heterocycles. The van der Waals surface area contributed by atoms with Crippen LogP contribution in [0.3, 0.4) is 0 Å². The number of carboxylic acid groups (broad SMARTS) is 1. The van der Waals surface area contributed by atoms with Gasteiger partial charge in [0.2, 0.25) is 5.91 Å². The van der Waals surface area contributed by atoms with Crippen molar-refractivity contribution in [2.75, 3.05) is 13.2 Å². The van der Waals surface area contributed by atoms with E-state index in [-0.39, 0.29) is 25.5 Å². The van der Waals surface area contributed by atoms with Crippen LogP contribution in [0, 0.1) is 5.82 Å². The highest BCUT2D eigenvalue weighted by Crippen LogP contribution is 2.17. The summed E-state index contributed by atoms with van der Waals surface area (Å²) in [6.45, 7) is 5.02. The van der Waals surface area contributed by atoms with Gasteiger partial charge in [-0.1, -0.05) is 6.07 Å².